The van der Waals surface area contributed by atoms with Crippen LogP contribution in [0.15, 0.2) is 18.2 Å². The van der Waals surface area contributed by atoms with Gasteiger partial charge in [0.1, 0.15) is 0 Å². The van der Waals surface area contributed by atoms with Gasteiger partial charge in [0.15, 0.2) is 0 Å². The molecule has 1 rings (SSSR count). The number of benzene rings is 1. The van der Waals surface area contributed by atoms with Crippen molar-refractivity contribution < 1.29 is 5.11 Å². The summed E-state index contributed by atoms with van der Waals surface area (Å²) in [5.74, 6) is -0.277. The number of aliphatic hydroxyl groups is 1. The lowest BCUT2D eigenvalue weighted by molar-refractivity contribution is 0.282. The molecule has 13 heavy (non-hydrogen) atoms. The average molecular weight is 195 g/mol. The van der Waals surface area contributed by atoms with Crippen molar-refractivity contribution in [3.8, 4) is 6.07 Å². The fraction of sp³-hybridized carbons (Fsp3) is 0.200. The van der Waals surface area contributed by atoms with Gasteiger partial charge in [0.2, 0.25) is 0 Å². The Morgan fingerprint density at radius 2 is 2.31 bits per heavy atom. The summed E-state index contributed by atoms with van der Waals surface area (Å²) in [6.07, 6.45) is 0. The highest BCUT2D eigenvalue weighted by Gasteiger charge is 2.09. The van der Waals surface area contributed by atoms with Crippen LogP contribution in [-0.2, 0) is 0 Å². The Hall–Kier alpha value is -1.04. The first-order chi connectivity index (χ1) is 6.19. The SMILES string of the molecule is [CH2]C(CO)c1cc(C#N)ccc1Cl. The number of hydrogen-bond donors (Lipinski definition) is 1. The van der Waals surface area contributed by atoms with Crippen LogP contribution in [0.3, 0.4) is 0 Å². The summed E-state index contributed by atoms with van der Waals surface area (Å²) >= 11 is 5.87. The molecule has 0 heterocycles. The zero-order valence-electron chi connectivity index (χ0n) is 7.00. The summed E-state index contributed by atoms with van der Waals surface area (Å²) in [6.45, 7) is 3.64. The van der Waals surface area contributed by atoms with Crippen molar-refractivity contribution in [2.45, 2.75) is 5.92 Å². The van der Waals surface area contributed by atoms with Crippen LogP contribution in [0.25, 0.3) is 0 Å². The van der Waals surface area contributed by atoms with E-state index in [2.05, 4.69) is 6.92 Å². The minimum Gasteiger partial charge on any atom is -0.396 e. The Morgan fingerprint density at radius 3 is 2.85 bits per heavy atom. The molecule has 0 aliphatic carbocycles. The number of nitriles is 1. The standard InChI is InChI=1S/C10H9ClNO/c1-7(6-13)9-4-8(5-12)2-3-10(9)11/h2-4,7,13H,1,6H2. The van der Waals surface area contributed by atoms with Crippen LogP contribution in [0.5, 0.6) is 0 Å². The molecule has 0 aliphatic heterocycles. The van der Waals surface area contributed by atoms with Gasteiger partial charge in [-0.2, -0.15) is 5.26 Å². The fourth-order valence-corrected chi connectivity index (χ4v) is 1.30. The molecule has 0 bridgehead atoms. The smallest absolute Gasteiger partial charge is 0.0991 e. The van der Waals surface area contributed by atoms with E-state index in [1.807, 2.05) is 6.07 Å². The van der Waals surface area contributed by atoms with Crippen molar-refractivity contribution in [1.29, 1.82) is 5.26 Å². The highest BCUT2D eigenvalue weighted by atomic mass is 35.5. The monoisotopic (exact) mass is 194 g/mol. The molecule has 0 aliphatic rings. The number of halogens is 1. The molecule has 3 heteroatoms. The molecule has 0 aromatic heterocycles. The molecule has 0 saturated heterocycles. The lowest BCUT2D eigenvalue weighted by Crippen LogP contribution is -2.00. The quantitative estimate of drug-likeness (QED) is 0.784. The van der Waals surface area contributed by atoms with Crippen molar-refractivity contribution in [2.24, 2.45) is 0 Å². The second-order valence-electron chi connectivity index (χ2n) is 2.73. The van der Waals surface area contributed by atoms with Gasteiger partial charge in [0.25, 0.3) is 0 Å². The van der Waals surface area contributed by atoms with E-state index in [9.17, 15) is 0 Å². The summed E-state index contributed by atoms with van der Waals surface area (Å²) in [4.78, 5) is 0. The number of aliphatic hydroxyl groups excluding tert-OH is 1. The first-order valence-electron chi connectivity index (χ1n) is 3.82. The maximum Gasteiger partial charge on any atom is 0.0991 e. The van der Waals surface area contributed by atoms with E-state index in [1.54, 1.807) is 18.2 Å². The largest absolute Gasteiger partial charge is 0.396 e. The van der Waals surface area contributed by atoms with Crippen molar-refractivity contribution in [2.75, 3.05) is 6.61 Å². The first kappa shape index (κ1) is 10.0. The van der Waals surface area contributed by atoms with Gasteiger partial charge < -0.3 is 5.11 Å². The Bertz CT molecular complexity index is 343. The van der Waals surface area contributed by atoms with Gasteiger partial charge >= 0.3 is 0 Å². The second-order valence-corrected chi connectivity index (χ2v) is 3.13. The highest BCUT2D eigenvalue weighted by molar-refractivity contribution is 6.31. The number of nitrogens with zero attached hydrogens (tertiary/aromatic N) is 1. The lowest BCUT2D eigenvalue weighted by Gasteiger charge is -2.09. The summed E-state index contributed by atoms with van der Waals surface area (Å²) in [6, 6.07) is 6.93. The molecule has 1 atom stereocenters. The van der Waals surface area contributed by atoms with Gasteiger partial charge in [-0.15, -0.1) is 0 Å². The van der Waals surface area contributed by atoms with Crippen LogP contribution in [0.4, 0.5) is 0 Å². The van der Waals surface area contributed by atoms with Gasteiger partial charge in [-0.3, -0.25) is 0 Å². The van der Waals surface area contributed by atoms with E-state index in [1.165, 1.54) is 0 Å². The van der Waals surface area contributed by atoms with Crippen molar-refractivity contribution in [1.82, 2.24) is 0 Å². The van der Waals surface area contributed by atoms with Gasteiger partial charge in [0, 0.05) is 17.5 Å². The normalized spacial score (nSPS) is 12.2. The molecule has 1 radical (unpaired) electrons. The third-order valence-electron chi connectivity index (χ3n) is 1.79. The molecule has 1 unspecified atom stereocenters. The molecule has 0 fully saturated rings. The van der Waals surface area contributed by atoms with Gasteiger partial charge in [-0.25, -0.2) is 0 Å². The van der Waals surface area contributed by atoms with E-state index in [4.69, 9.17) is 22.0 Å². The summed E-state index contributed by atoms with van der Waals surface area (Å²) in [5.41, 5.74) is 1.24. The predicted molar refractivity (Wildman–Crippen MR) is 51.4 cm³/mol. The van der Waals surface area contributed by atoms with Crippen molar-refractivity contribution in [3.63, 3.8) is 0 Å². The van der Waals surface area contributed by atoms with E-state index in [0.717, 1.165) is 0 Å². The molecule has 0 saturated carbocycles. The molecular weight excluding hydrogens is 186 g/mol. The molecule has 2 nitrogen and oxygen atoms in total. The molecule has 1 N–H and O–H groups in total. The highest BCUT2D eigenvalue weighted by Crippen LogP contribution is 2.24. The average Bonchev–Trinajstić information content (AvgIpc) is 2.17. The van der Waals surface area contributed by atoms with Crippen LogP contribution < -0.4 is 0 Å². The molecular formula is C10H9ClNO. The van der Waals surface area contributed by atoms with E-state index < -0.39 is 0 Å². The Morgan fingerprint density at radius 1 is 1.62 bits per heavy atom. The third kappa shape index (κ3) is 2.21. The maximum absolute atomic E-state index is 8.87. The zero-order valence-corrected chi connectivity index (χ0v) is 7.75. The van der Waals surface area contributed by atoms with Gasteiger partial charge in [-0.1, -0.05) is 11.6 Å². The molecule has 1 aromatic carbocycles. The van der Waals surface area contributed by atoms with Gasteiger partial charge in [-0.05, 0) is 30.7 Å². The fourth-order valence-electron chi connectivity index (χ4n) is 1.02. The number of hydrogen-bond acceptors (Lipinski definition) is 2. The predicted octanol–water partition coefficient (Wildman–Crippen LogP) is 2.12. The summed E-state index contributed by atoms with van der Waals surface area (Å²) in [7, 11) is 0. The van der Waals surface area contributed by atoms with Crippen LogP contribution in [0.1, 0.15) is 17.0 Å². The van der Waals surface area contributed by atoms with E-state index in [-0.39, 0.29) is 12.5 Å². The van der Waals surface area contributed by atoms with Crippen LogP contribution in [0.2, 0.25) is 5.02 Å². The first-order valence-corrected chi connectivity index (χ1v) is 4.20. The summed E-state index contributed by atoms with van der Waals surface area (Å²) < 4.78 is 0. The second kappa shape index (κ2) is 4.27. The van der Waals surface area contributed by atoms with E-state index in [0.29, 0.717) is 16.1 Å². The van der Waals surface area contributed by atoms with Crippen LogP contribution in [0, 0.1) is 18.3 Å². The third-order valence-corrected chi connectivity index (χ3v) is 2.13. The van der Waals surface area contributed by atoms with E-state index >= 15 is 0 Å². The number of rotatable bonds is 2. The Balaban J connectivity index is 3.12. The molecule has 1 aromatic rings. The summed E-state index contributed by atoms with van der Waals surface area (Å²) in [5, 5.41) is 18.0. The van der Waals surface area contributed by atoms with Crippen LogP contribution in [-0.4, -0.2) is 11.7 Å². The molecule has 0 amide bonds. The minimum atomic E-state index is -0.277. The van der Waals surface area contributed by atoms with Crippen molar-refractivity contribution in [3.05, 3.63) is 41.3 Å². The zero-order chi connectivity index (χ0) is 9.84. The minimum absolute atomic E-state index is 0.0748. The maximum atomic E-state index is 8.87. The Kier molecular flexibility index (Phi) is 3.30. The lowest BCUT2D eigenvalue weighted by atomic mass is 10.0. The Labute approximate surface area is 82.4 Å². The molecule has 67 valence electrons. The topological polar surface area (TPSA) is 44.0 Å². The molecule has 0 spiro atoms. The van der Waals surface area contributed by atoms with Crippen LogP contribution >= 0.6 is 11.6 Å². The van der Waals surface area contributed by atoms with Crippen molar-refractivity contribution >= 4 is 11.6 Å². The van der Waals surface area contributed by atoms with Gasteiger partial charge in [0.05, 0.1) is 11.6 Å².